The lowest BCUT2D eigenvalue weighted by Crippen LogP contribution is -2.41. The summed E-state index contributed by atoms with van der Waals surface area (Å²) in [6, 6.07) is 105. The average molecular weight is 1350 g/mol. The van der Waals surface area contributed by atoms with Gasteiger partial charge in [-0.05, 0) is 218 Å². The summed E-state index contributed by atoms with van der Waals surface area (Å²) in [7, 11) is -0.417. The number of hydrogen-bond acceptors (Lipinski definition) is 6. The largest absolute Gasteiger partial charge is 0.494 e. The van der Waals surface area contributed by atoms with Crippen molar-refractivity contribution >= 4 is 116 Å². The number of rotatable bonds is 2. The van der Waals surface area contributed by atoms with Crippen LogP contribution < -0.4 is 5.46 Å². The molecule has 4 aliphatic carbocycles. The molecule has 0 atom stereocenters. The van der Waals surface area contributed by atoms with Gasteiger partial charge in [-0.25, -0.2) is 0 Å². The number of halogens is 1. The van der Waals surface area contributed by atoms with E-state index in [-0.39, 0.29) is 10.8 Å². The Morgan fingerprint density at radius 1 is 0.240 bits per heavy atom. The zero-order valence-electron chi connectivity index (χ0n) is 55.1. The first-order valence-corrected chi connectivity index (χ1v) is 35.2. The molecule has 0 N–H and O–H groups in total. The fraction of sp³-hybridized carbons (Fsp3) is 0.0870. The topological polar surface area (TPSA) is 71.0 Å². The molecule has 100 heavy (non-hydrogen) atoms. The maximum Gasteiger partial charge on any atom is 0.494 e. The summed E-state index contributed by atoms with van der Waals surface area (Å²) in [5.74, 6) is 0. The molecule has 1 saturated heterocycles. The maximum atomic E-state index is 6.65. The van der Waals surface area contributed by atoms with Crippen molar-refractivity contribution in [2.24, 2.45) is 0 Å². The third kappa shape index (κ3) is 7.92. The molecule has 0 saturated carbocycles. The van der Waals surface area contributed by atoms with Crippen LogP contribution in [0.3, 0.4) is 0 Å². The lowest BCUT2D eigenvalue weighted by atomic mass is 9.70. The highest BCUT2D eigenvalue weighted by Crippen LogP contribution is 2.65. The summed E-state index contributed by atoms with van der Waals surface area (Å²) in [6.07, 6.45) is 0. The Morgan fingerprint density at radius 2 is 0.540 bits per heavy atom. The van der Waals surface area contributed by atoms with Gasteiger partial charge < -0.3 is 27.0 Å². The number of fused-ring (bicyclic) bond motifs is 32. The van der Waals surface area contributed by atoms with Crippen molar-refractivity contribution in [3.8, 4) is 55.6 Å². The van der Waals surface area contributed by atoms with Crippen LogP contribution in [0, 0.1) is 0 Å². The van der Waals surface area contributed by atoms with Crippen LogP contribution in [-0.4, -0.2) is 18.3 Å². The van der Waals surface area contributed by atoms with Crippen molar-refractivity contribution in [2.45, 2.75) is 49.7 Å². The number of para-hydroxylation sites is 2. The smallest absolute Gasteiger partial charge is 0.456 e. The third-order valence-corrected chi connectivity index (χ3v) is 23.3. The molecule has 474 valence electrons. The molecule has 0 bridgehead atoms. The Balaban J connectivity index is 0.000000110. The van der Waals surface area contributed by atoms with Crippen LogP contribution in [0.15, 0.2) is 313 Å². The zero-order chi connectivity index (χ0) is 66.5. The highest BCUT2D eigenvalue weighted by molar-refractivity contribution is 9.10. The summed E-state index contributed by atoms with van der Waals surface area (Å²) in [4.78, 5) is 0. The van der Waals surface area contributed by atoms with Crippen molar-refractivity contribution < 1.29 is 27.0 Å². The van der Waals surface area contributed by atoms with Gasteiger partial charge in [-0.2, -0.15) is 0 Å². The minimum atomic E-state index is -0.417. The lowest BCUT2D eigenvalue weighted by molar-refractivity contribution is 0.00578. The molecule has 2 spiro atoms. The summed E-state index contributed by atoms with van der Waals surface area (Å²) in [6.45, 7) is 8.37. The van der Waals surface area contributed by atoms with Crippen LogP contribution in [0.2, 0.25) is 0 Å². The fourth-order valence-corrected chi connectivity index (χ4v) is 18.0. The van der Waals surface area contributed by atoms with Gasteiger partial charge in [0.15, 0.2) is 0 Å². The van der Waals surface area contributed by atoms with Crippen molar-refractivity contribution in [3.05, 3.63) is 340 Å². The number of benzene rings is 14. The first-order valence-electron chi connectivity index (χ1n) is 34.4. The second-order valence-corrected chi connectivity index (χ2v) is 29.3. The van der Waals surface area contributed by atoms with E-state index in [2.05, 4.69) is 292 Å². The van der Waals surface area contributed by atoms with Gasteiger partial charge >= 0.3 is 7.12 Å². The molecule has 0 amide bonds. The Morgan fingerprint density at radius 3 is 0.960 bits per heavy atom. The van der Waals surface area contributed by atoms with Gasteiger partial charge in [0.2, 0.25) is 0 Å². The second-order valence-electron chi connectivity index (χ2n) is 28.4. The molecule has 1 aliphatic heterocycles. The molecule has 8 heteroatoms. The monoisotopic (exact) mass is 1350 g/mol. The molecule has 18 aromatic rings. The van der Waals surface area contributed by atoms with Crippen molar-refractivity contribution in [3.63, 3.8) is 0 Å². The number of furan rings is 4. The molecule has 4 aromatic heterocycles. The highest BCUT2D eigenvalue weighted by Gasteiger charge is 2.55. The van der Waals surface area contributed by atoms with E-state index in [4.69, 9.17) is 27.0 Å². The summed E-state index contributed by atoms with van der Waals surface area (Å²) >= 11 is 3.46. The zero-order valence-corrected chi connectivity index (χ0v) is 56.7. The van der Waals surface area contributed by atoms with Crippen LogP contribution in [0.4, 0.5) is 0 Å². The van der Waals surface area contributed by atoms with E-state index in [1.165, 1.54) is 94.4 Å². The first kappa shape index (κ1) is 57.8. The summed E-state index contributed by atoms with van der Waals surface area (Å²) < 4.78 is 38.9. The second kappa shape index (κ2) is 20.9. The molecule has 5 heterocycles. The van der Waals surface area contributed by atoms with Crippen LogP contribution >= 0.6 is 15.9 Å². The SMILES string of the molecule is Brc1ccc2oc3ccccc3c2c1.CC1(C)OB(c2ccc3oc4cc5c(cc4c3c2)-c2ccccc2C52c3ccccc3-c3ccccc32)OC1(C)C.c1ccc2c(c1)-c1ccccc1C21c2ccccc2-c2cc3c(cc21)oc1ccc(-c2ccc4oc5ccccc5c4c2)cc13. The van der Waals surface area contributed by atoms with Gasteiger partial charge in [0, 0.05) is 47.6 Å². The average Bonchev–Trinajstić information content (AvgIpc) is 1.51. The van der Waals surface area contributed by atoms with Gasteiger partial charge in [0.25, 0.3) is 0 Å². The van der Waals surface area contributed by atoms with E-state index in [0.29, 0.717) is 0 Å². The van der Waals surface area contributed by atoms with E-state index >= 15 is 0 Å². The van der Waals surface area contributed by atoms with Crippen molar-refractivity contribution in [1.29, 1.82) is 0 Å². The predicted octanol–water partition coefficient (Wildman–Crippen LogP) is 24.1. The van der Waals surface area contributed by atoms with Gasteiger partial charge in [-0.3, -0.25) is 0 Å². The van der Waals surface area contributed by atoms with Crippen LogP contribution in [0.25, 0.3) is 143 Å². The van der Waals surface area contributed by atoms with Crippen molar-refractivity contribution in [2.75, 3.05) is 0 Å². The van der Waals surface area contributed by atoms with Crippen molar-refractivity contribution in [1.82, 2.24) is 0 Å². The van der Waals surface area contributed by atoms with Gasteiger partial charge in [0.05, 0.1) is 22.0 Å². The van der Waals surface area contributed by atoms with Gasteiger partial charge in [-0.1, -0.05) is 222 Å². The van der Waals surface area contributed by atoms with E-state index < -0.39 is 18.3 Å². The Kier molecular flexibility index (Phi) is 12.1. The molecule has 6 nitrogen and oxygen atoms in total. The summed E-state index contributed by atoms with van der Waals surface area (Å²) in [5, 5.41) is 9.09. The Hall–Kier alpha value is -11.3. The van der Waals surface area contributed by atoms with Crippen LogP contribution in [-0.2, 0) is 20.1 Å². The molecule has 1 fully saturated rings. The molecule has 0 unspecified atom stereocenters. The highest BCUT2D eigenvalue weighted by atomic mass is 79.9. The maximum absolute atomic E-state index is 6.65. The quantitative estimate of drug-likeness (QED) is 0.161. The van der Waals surface area contributed by atoms with Gasteiger partial charge in [-0.15, -0.1) is 0 Å². The third-order valence-electron chi connectivity index (χ3n) is 22.8. The minimum absolute atomic E-state index is 0.375. The van der Waals surface area contributed by atoms with Crippen LogP contribution in [0.1, 0.15) is 72.2 Å². The molecule has 23 rings (SSSR count). The van der Waals surface area contributed by atoms with Crippen LogP contribution in [0.5, 0.6) is 0 Å². The molecule has 0 radical (unpaired) electrons. The minimum Gasteiger partial charge on any atom is -0.456 e. The normalized spacial score (nSPS) is 15.5. The molecular weight excluding hydrogens is 1290 g/mol. The lowest BCUT2D eigenvalue weighted by Gasteiger charge is -2.32. The standard InChI is InChI=1S/C43H24O2.C37H29BO3.C12H7BrO/c1-5-13-35-27(9-1)28-10-2-6-14-36(28)43(35)37-15-7-3-11-29(37)31-23-34-33-22-26(18-20-41(33)45-42(34)24-38(31)43)25-17-19-40-32(21-25)30-12-4-8-16-39(30)44-40;1-35(2)36(3,4)41-38(40-35)22-17-18-33-27(19-22)28-20-26-25-13-7-10-16-31(25)37(32(26)21-34(28)39-33)29-14-8-5-11-23(29)24-12-6-9-15-30(24)37;13-8-5-6-12-10(7-8)9-3-1-2-4-11(9)14-12/h1-24H;5-21H,1-4H3;1-7H. The first-order chi connectivity index (χ1) is 48.9. The molecule has 5 aliphatic rings. The van der Waals surface area contributed by atoms with Gasteiger partial charge in [0.1, 0.15) is 44.7 Å². The molecule has 14 aromatic carbocycles. The van der Waals surface area contributed by atoms with E-state index in [0.717, 1.165) is 103 Å². The van der Waals surface area contributed by atoms with E-state index in [1.807, 2.05) is 42.5 Å². The number of hydrogen-bond donors (Lipinski definition) is 0. The van der Waals surface area contributed by atoms with E-state index in [1.54, 1.807) is 0 Å². The summed E-state index contributed by atoms with van der Waals surface area (Å²) in [5.41, 5.74) is 30.1. The molecular formula is C92H60BBrO6. The predicted molar refractivity (Wildman–Crippen MR) is 410 cm³/mol. The van der Waals surface area contributed by atoms with E-state index in [9.17, 15) is 0 Å². The fourth-order valence-electron chi connectivity index (χ4n) is 17.6. The Bertz CT molecular complexity index is 6440. The Labute approximate surface area is 584 Å².